The summed E-state index contributed by atoms with van der Waals surface area (Å²) in [5.41, 5.74) is -0.0616. The highest BCUT2D eigenvalue weighted by Crippen LogP contribution is 2.23. The number of aliphatic imine (C=N–C) groups is 1. The van der Waals surface area contributed by atoms with E-state index in [0.717, 1.165) is 57.9 Å². The molecule has 0 spiro atoms. The van der Waals surface area contributed by atoms with Gasteiger partial charge in [-0.2, -0.15) is 0 Å². The number of ether oxygens (including phenoxy) is 3. The van der Waals surface area contributed by atoms with E-state index in [9.17, 15) is 0 Å². The van der Waals surface area contributed by atoms with Crippen molar-refractivity contribution in [2.75, 3.05) is 46.6 Å². The van der Waals surface area contributed by atoms with Gasteiger partial charge in [0.2, 0.25) is 0 Å². The lowest BCUT2D eigenvalue weighted by Gasteiger charge is -2.24. The molecule has 0 aromatic carbocycles. The van der Waals surface area contributed by atoms with Gasteiger partial charge >= 0.3 is 0 Å². The fourth-order valence-corrected chi connectivity index (χ4v) is 2.70. The van der Waals surface area contributed by atoms with Gasteiger partial charge in [0.25, 0.3) is 0 Å². The molecule has 122 valence electrons. The maximum atomic E-state index is 5.75. The van der Waals surface area contributed by atoms with E-state index in [4.69, 9.17) is 14.2 Å². The second-order valence-corrected chi connectivity index (χ2v) is 5.96. The van der Waals surface area contributed by atoms with Gasteiger partial charge in [-0.3, -0.25) is 4.99 Å². The number of nitrogens with one attached hydrogen (secondary N) is 2. The first-order valence-electron chi connectivity index (χ1n) is 8.00. The molecule has 0 aliphatic carbocycles. The maximum absolute atomic E-state index is 5.75. The van der Waals surface area contributed by atoms with Gasteiger partial charge in [-0.05, 0) is 32.6 Å². The molecule has 0 radical (unpaired) electrons. The van der Waals surface area contributed by atoms with E-state index in [2.05, 4.69) is 22.5 Å². The van der Waals surface area contributed by atoms with E-state index in [1.807, 2.05) is 0 Å². The van der Waals surface area contributed by atoms with Gasteiger partial charge in [-0.25, -0.2) is 0 Å². The van der Waals surface area contributed by atoms with Crippen LogP contribution in [0, 0.1) is 0 Å². The predicted octanol–water partition coefficient (Wildman–Crippen LogP) is 0.916. The van der Waals surface area contributed by atoms with Crippen LogP contribution < -0.4 is 10.6 Å². The Kier molecular flexibility index (Phi) is 6.73. The Balaban J connectivity index is 1.53. The van der Waals surface area contributed by atoms with E-state index in [0.29, 0.717) is 19.3 Å². The molecule has 21 heavy (non-hydrogen) atoms. The second kappa shape index (κ2) is 8.56. The van der Waals surface area contributed by atoms with E-state index in [1.165, 1.54) is 0 Å². The third kappa shape index (κ3) is 5.80. The minimum atomic E-state index is -0.0616. The Morgan fingerprint density at radius 3 is 2.90 bits per heavy atom. The van der Waals surface area contributed by atoms with Gasteiger partial charge in [0.05, 0.1) is 24.9 Å². The van der Waals surface area contributed by atoms with Crippen LogP contribution in [0.4, 0.5) is 0 Å². The smallest absolute Gasteiger partial charge is 0.191 e. The summed E-state index contributed by atoms with van der Waals surface area (Å²) >= 11 is 0. The number of nitrogens with zero attached hydrogens (tertiary/aromatic N) is 1. The minimum Gasteiger partial charge on any atom is -0.377 e. The molecular formula is C15H29N3O3. The van der Waals surface area contributed by atoms with Crippen molar-refractivity contribution in [1.29, 1.82) is 0 Å². The fourth-order valence-electron chi connectivity index (χ4n) is 2.70. The standard InChI is InChI=1S/C15H29N3O3/c1-15(6-4-9-21-15)12-18-14(16-2)17-7-10-19-11-13-5-3-8-20-13/h13H,3-12H2,1-2H3,(H2,16,17,18). The molecule has 0 amide bonds. The van der Waals surface area contributed by atoms with Gasteiger partial charge in [0.1, 0.15) is 0 Å². The van der Waals surface area contributed by atoms with E-state index >= 15 is 0 Å². The Morgan fingerprint density at radius 1 is 1.33 bits per heavy atom. The first-order valence-corrected chi connectivity index (χ1v) is 8.00. The van der Waals surface area contributed by atoms with Crippen LogP contribution in [0.15, 0.2) is 4.99 Å². The largest absolute Gasteiger partial charge is 0.377 e. The van der Waals surface area contributed by atoms with Crippen molar-refractivity contribution in [2.24, 2.45) is 4.99 Å². The average molecular weight is 299 g/mol. The summed E-state index contributed by atoms with van der Waals surface area (Å²) in [5.74, 6) is 0.799. The van der Waals surface area contributed by atoms with Gasteiger partial charge in [0.15, 0.2) is 5.96 Å². The summed E-state index contributed by atoms with van der Waals surface area (Å²) in [6.07, 6.45) is 4.81. The molecule has 2 aliphatic heterocycles. The summed E-state index contributed by atoms with van der Waals surface area (Å²) in [5, 5.41) is 6.57. The summed E-state index contributed by atoms with van der Waals surface area (Å²) in [4.78, 5) is 4.21. The monoisotopic (exact) mass is 299 g/mol. The number of hydrogen-bond acceptors (Lipinski definition) is 4. The topological polar surface area (TPSA) is 64.1 Å². The minimum absolute atomic E-state index is 0.0616. The third-order valence-corrected chi connectivity index (χ3v) is 4.02. The molecule has 6 nitrogen and oxygen atoms in total. The van der Waals surface area contributed by atoms with Crippen LogP contribution in [0.25, 0.3) is 0 Å². The SMILES string of the molecule is CN=C(NCCOCC1CCCO1)NCC1(C)CCCO1. The maximum Gasteiger partial charge on any atom is 0.191 e. The molecule has 0 aromatic heterocycles. The van der Waals surface area contributed by atoms with Crippen LogP contribution >= 0.6 is 0 Å². The predicted molar refractivity (Wildman–Crippen MR) is 82.7 cm³/mol. The number of guanidine groups is 1. The Hall–Kier alpha value is -0.850. The molecule has 6 heteroatoms. The summed E-state index contributed by atoms with van der Waals surface area (Å²) < 4.78 is 16.9. The molecule has 2 unspecified atom stereocenters. The first-order chi connectivity index (χ1) is 10.2. The lowest BCUT2D eigenvalue weighted by atomic mass is 10.0. The molecule has 2 aliphatic rings. The van der Waals surface area contributed by atoms with Crippen molar-refractivity contribution in [2.45, 2.75) is 44.3 Å². The zero-order valence-corrected chi connectivity index (χ0v) is 13.3. The molecule has 0 saturated carbocycles. The molecule has 0 bridgehead atoms. The lowest BCUT2D eigenvalue weighted by molar-refractivity contribution is 0.0187. The van der Waals surface area contributed by atoms with Crippen molar-refractivity contribution < 1.29 is 14.2 Å². The molecule has 2 saturated heterocycles. The van der Waals surface area contributed by atoms with Crippen molar-refractivity contribution in [3.05, 3.63) is 0 Å². The summed E-state index contributed by atoms with van der Waals surface area (Å²) in [6, 6.07) is 0. The van der Waals surface area contributed by atoms with E-state index < -0.39 is 0 Å². The van der Waals surface area contributed by atoms with Gasteiger partial charge in [-0.15, -0.1) is 0 Å². The average Bonchev–Trinajstić information content (AvgIpc) is 3.14. The van der Waals surface area contributed by atoms with Crippen molar-refractivity contribution in [1.82, 2.24) is 10.6 Å². The van der Waals surface area contributed by atoms with Crippen LogP contribution in [-0.4, -0.2) is 64.2 Å². The quantitative estimate of drug-likeness (QED) is 0.416. The highest BCUT2D eigenvalue weighted by Gasteiger charge is 2.29. The second-order valence-electron chi connectivity index (χ2n) is 5.96. The van der Waals surface area contributed by atoms with Gasteiger partial charge in [-0.1, -0.05) is 0 Å². The highest BCUT2D eigenvalue weighted by atomic mass is 16.5. The van der Waals surface area contributed by atoms with Crippen molar-refractivity contribution >= 4 is 5.96 Å². The van der Waals surface area contributed by atoms with Crippen molar-refractivity contribution in [3.8, 4) is 0 Å². The Labute approximate surface area is 127 Å². The first kappa shape index (κ1) is 16.5. The molecule has 2 atom stereocenters. The Morgan fingerprint density at radius 2 is 2.24 bits per heavy atom. The zero-order valence-electron chi connectivity index (χ0n) is 13.3. The van der Waals surface area contributed by atoms with Gasteiger partial charge in [0, 0.05) is 33.4 Å². The van der Waals surface area contributed by atoms with Gasteiger partial charge < -0.3 is 24.8 Å². The third-order valence-electron chi connectivity index (χ3n) is 4.02. The Bertz CT molecular complexity index is 324. The molecule has 2 heterocycles. The van der Waals surface area contributed by atoms with Crippen LogP contribution in [0.3, 0.4) is 0 Å². The summed E-state index contributed by atoms with van der Waals surface area (Å²) in [7, 11) is 1.78. The lowest BCUT2D eigenvalue weighted by Crippen LogP contribution is -2.46. The molecular weight excluding hydrogens is 270 g/mol. The number of rotatable bonds is 7. The van der Waals surface area contributed by atoms with E-state index in [-0.39, 0.29) is 5.60 Å². The van der Waals surface area contributed by atoms with Crippen LogP contribution in [0.5, 0.6) is 0 Å². The zero-order chi connectivity index (χ0) is 15.0. The molecule has 0 aromatic rings. The fraction of sp³-hybridized carbons (Fsp3) is 0.933. The molecule has 2 rings (SSSR count). The van der Waals surface area contributed by atoms with Crippen LogP contribution in [0.2, 0.25) is 0 Å². The molecule has 2 fully saturated rings. The summed E-state index contributed by atoms with van der Waals surface area (Å²) in [6.45, 7) is 6.76. The van der Waals surface area contributed by atoms with Crippen molar-refractivity contribution in [3.63, 3.8) is 0 Å². The van der Waals surface area contributed by atoms with E-state index in [1.54, 1.807) is 7.05 Å². The number of hydrogen-bond donors (Lipinski definition) is 2. The van der Waals surface area contributed by atoms with Crippen LogP contribution in [0.1, 0.15) is 32.6 Å². The molecule has 2 N–H and O–H groups in total. The highest BCUT2D eigenvalue weighted by molar-refractivity contribution is 5.79. The van der Waals surface area contributed by atoms with Crippen LogP contribution in [-0.2, 0) is 14.2 Å². The normalized spacial score (nSPS) is 29.8.